The highest BCUT2D eigenvalue weighted by Gasteiger charge is 2.41. The van der Waals surface area contributed by atoms with E-state index in [1.807, 2.05) is 0 Å². The monoisotopic (exact) mass is 199 g/mol. The minimum atomic E-state index is 0.0382. The molecule has 0 radical (unpaired) electrons. The Morgan fingerprint density at radius 1 is 1.36 bits per heavy atom. The predicted octanol–water partition coefficient (Wildman–Crippen LogP) is 0.727. The second-order valence-corrected chi connectivity index (χ2v) is 5.77. The van der Waals surface area contributed by atoms with Gasteiger partial charge >= 0.3 is 0 Å². The molecule has 3 heteroatoms. The molecule has 0 spiro atoms. The maximum atomic E-state index is 9.41. The molecule has 2 heterocycles. The van der Waals surface area contributed by atoms with Gasteiger partial charge in [0.15, 0.2) is 0 Å². The van der Waals surface area contributed by atoms with Gasteiger partial charge in [0.2, 0.25) is 0 Å². The van der Waals surface area contributed by atoms with Crippen molar-refractivity contribution in [2.24, 2.45) is 10.8 Å². The van der Waals surface area contributed by atoms with E-state index < -0.39 is 0 Å². The zero-order valence-corrected chi connectivity index (χ0v) is 9.25. The van der Waals surface area contributed by atoms with Gasteiger partial charge in [0.25, 0.3) is 0 Å². The second-order valence-electron chi connectivity index (χ2n) is 5.77. The zero-order chi connectivity index (χ0) is 10.2. The Hall–Kier alpha value is -0.120. The molecule has 0 aliphatic carbocycles. The molecule has 0 bridgehead atoms. The number of ether oxygens (including phenoxy) is 1. The number of aliphatic hydroxyl groups is 1. The largest absolute Gasteiger partial charge is 0.396 e. The van der Waals surface area contributed by atoms with Crippen LogP contribution in [-0.2, 0) is 4.74 Å². The van der Waals surface area contributed by atoms with Gasteiger partial charge in [-0.05, 0) is 11.8 Å². The number of hydrogen-bond donors (Lipinski definition) is 1. The minimum absolute atomic E-state index is 0.0382. The van der Waals surface area contributed by atoms with E-state index in [-0.39, 0.29) is 12.0 Å². The van der Waals surface area contributed by atoms with E-state index in [1.54, 1.807) is 0 Å². The Labute approximate surface area is 86.0 Å². The lowest BCUT2D eigenvalue weighted by atomic mass is 9.80. The third kappa shape index (κ3) is 1.95. The van der Waals surface area contributed by atoms with Crippen molar-refractivity contribution in [3.63, 3.8) is 0 Å². The average molecular weight is 199 g/mol. The fraction of sp³-hybridized carbons (Fsp3) is 1.00. The summed E-state index contributed by atoms with van der Waals surface area (Å²) in [4.78, 5) is 2.44. The van der Waals surface area contributed by atoms with Gasteiger partial charge in [-0.25, -0.2) is 0 Å². The fourth-order valence-corrected chi connectivity index (χ4v) is 2.70. The molecule has 2 aliphatic rings. The zero-order valence-electron chi connectivity index (χ0n) is 9.25. The quantitative estimate of drug-likeness (QED) is 0.727. The molecule has 2 aliphatic heterocycles. The first-order valence-corrected chi connectivity index (χ1v) is 5.46. The maximum absolute atomic E-state index is 9.41. The van der Waals surface area contributed by atoms with E-state index >= 15 is 0 Å². The van der Waals surface area contributed by atoms with Gasteiger partial charge in [0.05, 0.1) is 13.2 Å². The fourth-order valence-electron chi connectivity index (χ4n) is 2.70. The molecular formula is C11H21NO2. The highest BCUT2D eigenvalue weighted by molar-refractivity contribution is 4.93. The van der Waals surface area contributed by atoms with Crippen molar-refractivity contribution in [3.05, 3.63) is 0 Å². The van der Waals surface area contributed by atoms with Crippen LogP contribution in [0.3, 0.4) is 0 Å². The Balaban J connectivity index is 1.84. The third-order valence-electron chi connectivity index (χ3n) is 3.38. The van der Waals surface area contributed by atoms with Crippen molar-refractivity contribution in [2.75, 3.05) is 39.5 Å². The van der Waals surface area contributed by atoms with Crippen LogP contribution in [0.25, 0.3) is 0 Å². The van der Waals surface area contributed by atoms with E-state index in [1.165, 1.54) is 0 Å². The summed E-state index contributed by atoms with van der Waals surface area (Å²) in [5.41, 5.74) is 0.520. The normalized spacial score (nSPS) is 37.1. The van der Waals surface area contributed by atoms with Gasteiger partial charge in [0, 0.05) is 31.7 Å². The van der Waals surface area contributed by atoms with Crippen LogP contribution in [0.5, 0.6) is 0 Å². The first-order chi connectivity index (χ1) is 6.55. The average Bonchev–Trinajstić information content (AvgIpc) is 2.51. The molecule has 14 heavy (non-hydrogen) atoms. The number of nitrogens with zero attached hydrogens (tertiary/aromatic N) is 1. The first-order valence-electron chi connectivity index (χ1n) is 5.46. The van der Waals surface area contributed by atoms with Gasteiger partial charge in [0.1, 0.15) is 0 Å². The lowest BCUT2D eigenvalue weighted by Crippen LogP contribution is -2.56. The molecule has 2 fully saturated rings. The van der Waals surface area contributed by atoms with E-state index in [2.05, 4.69) is 18.7 Å². The predicted molar refractivity (Wildman–Crippen MR) is 55.2 cm³/mol. The number of hydrogen-bond acceptors (Lipinski definition) is 3. The topological polar surface area (TPSA) is 32.7 Å². The van der Waals surface area contributed by atoms with Crippen LogP contribution in [0.4, 0.5) is 0 Å². The molecule has 1 unspecified atom stereocenters. The van der Waals surface area contributed by atoms with Crippen LogP contribution in [-0.4, -0.2) is 49.5 Å². The smallest absolute Gasteiger partial charge is 0.0557 e. The van der Waals surface area contributed by atoms with Crippen LogP contribution in [0.2, 0.25) is 0 Å². The molecule has 2 saturated heterocycles. The van der Waals surface area contributed by atoms with Gasteiger partial charge < -0.3 is 14.7 Å². The van der Waals surface area contributed by atoms with Crippen molar-refractivity contribution < 1.29 is 9.84 Å². The van der Waals surface area contributed by atoms with E-state index in [0.717, 1.165) is 39.3 Å². The molecule has 82 valence electrons. The van der Waals surface area contributed by atoms with E-state index in [4.69, 9.17) is 4.74 Å². The summed E-state index contributed by atoms with van der Waals surface area (Å²) >= 11 is 0. The third-order valence-corrected chi connectivity index (χ3v) is 3.38. The van der Waals surface area contributed by atoms with Crippen molar-refractivity contribution in [1.82, 2.24) is 4.90 Å². The SMILES string of the molecule is CC1(C)CN(CC2(CO)CCOC2)C1. The Morgan fingerprint density at radius 3 is 2.50 bits per heavy atom. The number of rotatable bonds is 3. The standard InChI is InChI=1S/C11H21NO2/c1-10(2)5-12(6-10)7-11(8-13)3-4-14-9-11/h13H,3-9H2,1-2H3. The van der Waals surface area contributed by atoms with E-state index in [9.17, 15) is 5.11 Å². The van der Waals surface area contributed by atoms with E-state index in [0.29, 0.717) is 5.41 Å². The second kappa shape index (κ2) is 3.47. The molecule has 3 nitrogen and oxygen atoms in total. The van der Waals surface area contributed by atoms with Gasteiger partial charge in [-0.15, -0.1) is 0 Å². The van der Waals surface area contributed by atoms with Gasteiger partial charge in [-0.2, -0.15) is 0 Å². The van der Waals surface area contributed by atoms with Crippen LogP contribution in [0.1, 0.15) is 20.3 Å². The Morgan fingerprint density at radius 2 is 2.07 bits per heavy atom. The molecule has 0 amide bonds. The van der Waals surface area contributed by atoms with Crippen molar-refractivity contribution in [2.45, 2.75) is 20.3 Å². The van der Waals surface area contributed by atoms with Crippen LogP contribution in [0, 0.1) is 10.8 Å². The summed E-state index contributed by atoms with van der Waals surface area (Å²) in [5, 5.41) is 9.41. The lowest BCUT2D eigenvalue weighted by Gasteiger charge is -2.48. The number of likely N-dealkylation sites (tertiary alicyclic amines) is 1. The summed E-state index contributed by atoms with van der Waals surface area (Å²) in [6, 6.07) is 0. The number of aliphatic hydroxyl groups excluding tert-OH is 1. The van der Waals surface area contributed by atoms with Gasteiger partial charge in [-0.1, -0.05) is 13.8 Å². The lowest BCUT2D eigenvalue weighted by molar-refractivity contribution is -0.0247. The Bertz CT molecular complexity index is 201. The molecule has 0 aromatic heterocycles. The summed E-state index contributed by atoms with van der Waals surface area (Å²) < 4.78 is 5.39. The molecule has 0 saturated carbocycles. The molecule has 1 atom stereocenters. The summed E-state index contributed by atoms with van der Waals surface area (Å²) in [5.74, 6) is 0. The van der Waals surface area contributed by atoms with Crippen LogP contribution < -0.4 is 0 Å². The first kappa shape index (κ1) is 10.4. The van der Waals surface area contributed by atoms with Gasteiger partial charge in [-0.3, -0.25) is 0 Å². The van der Waals surface area contributed by atoms with Crippen LogP contribution >= 0.6 is 0 Å². The molecule has 2 rings (SSSR count). The molecule has 0 aromatic carbocycles. The highest BCUT2D eigenvalue weighted by atomic mass is 16.5. The molecule has 0 aromatic rings. The summed E-state index contributed by atoms with van der Waals surface area (Å²) in [6.07, 6.45) is 1.01. The molecule has 1 N–H and O–H groups in total. The Kier molecular flexibility index (Phi) is 2.58. The highest BCUT2D eigenvalue weighted by Crippen LogP contribution is 2.35. The molecular weight excluding hydrogens is 178 g/mol. The summed E-state index contributed by atoms with van der Waals surface area (Å²) in [6.45, 7) is 9.74. The summed E-state index contributed by atoms with van der Waals surface area (Å²) in [7, 11) is 0. The van der Waals surface area contributed by atoms with Crippen molar-refractivity contribution in [3.8, 4) is 0 Å². The van der Waals surface area contributed by atoms with Crippen molar-refractivity contribution >= 4 is 0 Å². The minimum Gasteiger partial charge on any atom is -0.396 e. The maximum Gasteiger partial charge on any atom is 0.0557 e. The van der Waals surface area contributed by atoms with Crippen LogP contribution in [0.15, 0.2) is 0 Å². The van der Waals surface area contributed by atoms with Crippen molar-refractivity contribution in [1.29, 1.82) is 0 Å².